The summed E-state index contributed by atoms with van der Waals surface area (Å²) in [6.07, 6.45) is 18.5. The summed E-state index contributed by atoms with van der Waals surface area (Å²) in [7, 11) is 0. The summed E-state index contributed by atoms with van der Waals surface area (Å²) in [5.41, 5.74) is 3.62. The van der Waals surface area contributed by atoms with Crippen LogP contribution in [0.2, 0.25) is 0 Å². The molecule has 0 bridgehead atoms. The topological polar surface area (TPSA) is 35.5 Å². The molecule has 3 nitrogen and oxygen atoms in total. The molecule has 0 saturated heterocycles. The maximum atomic E-state index is 11.1. The van der Waals surface area contributed by atoms with Gasteiger partial charge in [-0.05, 0) is 93.9 Å². The number of allylic oxidation sites excluding steroid dienone is 7. The molecule has 0 spiro atoms. The fraction of sp³-hybridized carbons (Fsp3) is 0.679. The Bertz CT molecular complexity index is 641. The van der Waals surface area contributed by atoms with E-state index in [1.54, 1.807) is 0 Å². The molecule has 3 heteroatoms. The van der Waals surface area contributed by atoms with Gasteiger partial charge in [0.05, 0.1) is 12.2 Å². The van der Waals surface area contributed by atoms with Crippen LogP contribution in [-0.4, -0.2) is 23.8 Å². The van der Waals surface area contributed by atoms with Crippen molar-refractivity contribution in [2.75, 3.05) is 6.61 Å². The van der Waals surface area contributed by atoms with Crippen molar-refractivity contribution in [1.29, 1.82) is 0 Å². The summed E-state index contributed by atoms with van der Waals surface area (Å²) in [6, 6.07) is 0. The molecule has 0 aliphatic heterocycles. The molecule has 31 heavy (non-hydrogen) atoms. The van der Waals surface area contributed by atoms with Gasteiger partial charge in [-0.3, -0.25) is 4.79 Å². The van der Waals surface area contributed by atoms with Crippen molar-refractivity contribution in [2.24, 2.45) is 0 Å². The molecule has 0 aromatic heterocycles. The van der Waals surface area contributed by atoms with Crippen LogP contribution in [0.25, 0.3) is 0 Å². The Balaban J connectivity index is 4.17. The van der Waals surface area contributed by atoms with Crippen LogP contribution in [0.4, 0.5) is 0 Å². The second-order valence-electron chi connectivity index (χ2n) is 10.1. The van der Waals surface area contributed by atoms with Gasteiger partial charge in [0.25, 0.3) is 0 Å². The second kappa shape index (κ2) is 15.2. The summed E-state index contributed by atoms with van der Waals surface area (Å²) in [5, 5.41) is 0. The molecule has 0 atom stereocenters. The van der Waals surface area contributed by atoms with Crippen LogP contribution in [0.3, 0.4) is 0 Å². The van der Waals surface area contributed by atoms with Crippen LogP contribution in [0.1, 0.15) is 107 Å². The van der Waals surface area contributed by atoms with Gasteiger partial charge in [0.1, 0.15) is 5.60 Å². The largest absolute Gasteiger partial charge is 0.460 e. The lowest BCUT2D eigenvalue weighted by atomic mass is 10.0. The molecule has 0 radical (unpaired) electrons. The van der Waals surface area contributed by atoms with E-state index in [1.807, 2.05) is 13.8 Å². The second-order valence-corrected chi connectivity index (χ2v) is 10.1. The zero-order chi connectivity index (χ0) is 23.9. The standard InChI is InChI=1S/C28H48O3/c1-23(2)15-13-17-25(4)19-14-18-24(3)16-11-10-12-20-27(6,7)30-22-21-28(8,9)31-26(5)29/h10,12,15-16,19H,11,13-14,17-18,20-22H2,1-9H3. The predicted octanol–water partition coefficient (Wildman–Crippen LogP) is 8.27. The average Bonchev–Trinajstić information content (AvgIpc) is 2.59. The maximum Gasteiger partial charge on any atom is 0.303 e. The Kier molecular flexibility index (Phi) is 14.4. The van der Waals surface area contributed by atoms with Gasteiger partial charge in [0, 0.05) is 13.3 Å². The fourth-order valence-corrected chi connectivity index (χ4v) is 3.14. The Morgan fingerprint density at radius 3 is 1.94 bits per heavy atom. The van der Waals surface area contributed by atoms with Gasteiger partial charge >= 0.3 is 5.97 Å². The molecular formula is C28H48O3. The molecule has 0 amide bonds. The van der Waals surface area contributed by atoms with Crippen LogP contribution in [0.15, 0.2) is 47.1 Å². The minimum absolute atomic E-state index is 0.227. The molecule has 0 N–H and O–H groups in total. The number of carbonyl (C=O) groups is 1. The average molecular weight is 433 g/mol. The molecule has 0 rings (SSSR count). The lowest BCUT2D eigenvalue weighted by Gasteiger charge is -2.28. The molecule has 0 aromatic carbocycles. The number of hydrogen-bond donors (Lipinski definition) is 0. The summed E-state index contributed by atoms with van der Waals surface area (Å²) in [6.45, 7) is 18.8. The molecule has 0 heterocycles. The van der Waals surface area contributed by atoms with E-state index in [2.05, 4.69) is 71.9 Å². The van der Waals surface area contributed by atoms with E-state index in [-0.39, 0.29) is 11.6 Å². The molecule has 0 aromatic rings. The first kappa shape index (κ1) is 29.4. The van der Waals surface area contributed by atoms with E-state index >= 15 is 0 Å². The summed E-state index contributed by atoms with van der Waals surface area (Å²) < 4.78 is 11.3. The van der Waals surface area contributed by atoms with Crippen molar-refractivity contribution in [1.82, 2.24) is 0 Å². The van der Waals surface area contributed by atoms with Crippen LogP contribution in [0, 0.1) is 0 Å². The highest BCUT2D eigenvalue weighted by Crippen LogP contribution is 2.20. The number of hydrogen-bond acceptors (Lipinski definition) is 3. The maximum absolute atomic E-state index is 11.1. The number of rotatable bonds is 15. The quantitative estimate of drug-likeness (QED) is 0.193. The first-order chi connectivity index (χ1) is 14.3. The first-order valence-electron chi connectivity index (χ1n) is 11.8. The SMILES string of the molecule is CC(=O)OC(C)(C)CCOC(C)(C)CC=CCC=C(C)CCC=C(C)CCC=C(C)C. The van der Waals surface area contributed by atoms with Crippen molar-refractivity contribution >= 4 is 5.97 Å². The van der Waals surface area contributed by atoms with Gasteiger partial charge in [-0.25, -0.2) is 0 Å². The molecule has 0 fully saturated rings. The normalized spacial score (nSPS) is 13.6. The van der Waals surface area contributed by atoms with Crippen molar-refractivity contribution < 1.29 is 14.3 Å². The van der Waals surface area contributed by atoms with E-state index in [0.717, 1.165) is 38.5 Å². The van der Waals surface area contributed by atoms with Gasteiger partial charge in [-0.15, -0.1) is 0 Å². The van der Waals surface area contributed by atoms with Gasteiger partial charge in [0.2, 0.25) is 0 Å². The zero-order valence-electron chi connectivity index (χ0n) is 21.8. The third-order valence-corrected chi connectivity index (χ3v) is 5.12. The highest BCUT2D eigenvalue weighted by atomic mass is 16.6. The Hall–Kier alpha value is -1.61. The number of esters is 1. The van der Waals surface area contributed by atoms with E-state index in [0.29, 0.717) is 13.0 Å². The fourth-order valence-electron chi connectivity index (χ4n) is 3.14. The van der Waals surface area contributed by atoms with Crippen molar-refractivity contribution in [3.05, 3.63) is 47.1 Å². The summed E-state index contributed by atoms with van der Waals surface area (Å²) in [5.74, 6) is -0.249. The minimum Gasteiger partial charge on any atom is -0.460 e. The third-order valence-electron chi connectivity index (χ3n) is 5.12. The van der Waals surface area contributed by atoms with Crippen molar-refractivity contribution in [3.63, 3.8) is 0 Å². The zero-order valence-corrected chi connectivity index (χ0v) is 21.8. The molecule has 0 saturated carbocycles. The van der Waals surface area contributed by atoms with E-state index in [9.17, 15) is 4.79 Å². The first-order valence-corrected chi connectivity index (χ1v) is 11.8. The predicted molar refractivity (Wildman–Crippen MR) is 134 cm³/mol. The Labute approximate surface area is 192 Å². The highest BCUT2D eigenvalue weighted by Gasteiger charge is 2.23. The third kappa shape index (κ3) is 18.8. The van der Waals surface area contributed by atoms with Crippen LogP contribution >= 0.6 is 0 Å². The molecule has 0 aliphatic rings. The van der Waals surface area contributed by atoms with Gasteiger partial charge < -0.3 is 9.47 Å². The van der Waals surface area contributed by atoms with Crippen LogP contribution in [0.5, 0.6) is 0 Å². The summed E-state index contributed by atoms with van der Waals surface area (Å²) in [4.78, 5) is 11.1. The van der Waals surface area contributed by atoms with Crippen LogP contribution in [-0.2, 0) is 14.3 Å². The Morgan fingerprint density at radius 1 is 0.774 bits per heavy atom. The molecule has 0 aliphatic carbocycles. The molecule has 178 valence electrons. The summed E-state index contributed by atoms with van der Waals surface area (Å²) >= 11 is 0. The molecular weight excluding hydrogens is 384 g/mol. The van der Waals surface area contributed by atoms with Crippen molar-refractivity contribution in [2.45, 2.75) is 118 Å². The lowest BCUT2D eigenvalue weighted by molar-refractivity contribution is -0.156. The smallest absolute Gasteiger partial charge is 0.303 e. The van der Waals surface area contributed by atoms with Crippen LogP contribution < -0.4 is 0 Å². The monoisotopic (exact) mass is 432 g/mol. The van der Waals surface area contributed by atoms with E-state index in [1.165, 1.54) is 23.6 Å². The Morgan fingerprint density at radius 2 is 1.35 bits per heavy atom. The number of carbonyl (C=O) groups excluding carboxylic acids is 1. The lowest BCUT2D eigenvalue weighted by Crippen LogP contribution is -2.31. The van der Waals surface area contributed by atoms with E-state index < -0.39 is 5.60 Å². The molecule has 0 unspecified atom stereocenters. The van der Waals surface area contributed by atoms with Gasteiger partial charge in [-0.2, -0.15) is 0 Å². The van der Waals surface area contributed by atoms with E-state index in [4.69, 9.17) is 9.47 Å². The van der Waals surface area contributed by atoms with Gasteiger partial charge in [0.15, 0.2) is 0 Å². The highest BCUT2D eigenvalue weighted by molar-refractivity contribution is 5.66. The van der Waals surface area contributed by atoms with Gasteiger partial charge in [-0.1, -0.05) is 47.1 Å². The minimum atomic E-state index is -0.487. The number of ether oxygens (including phenoxy) is 2. The van der Waals surface area contributed by atoms with Crippen molar-refractivity contribution in [3.8, 4) is 0 Å².